The molecule has 25 heavy (non-hydrogen) atoms. The Morgan fingerprint density at radius 1 is 1.24 bits per heavy atom. The normalized spacial score (nSPS) is 25.4. The molecule has 0 amide bonds. The summed E-state index contributed by atoms with van der Waals surface area (Å²) in [5, 5.41) is 0. The molecule has 0 radical (unpaired) electrons. The number of benzene rings is 1. The van der Waals surface area contributed by atoms with Gasteiger partial charge in [0.25, 0.3) is 0 Å². The topological polar surface area (TPSA) is 43.4 Å². The first kappa shape index (κ1) is 20.5. The van der Waals surface area contributed by atoms with Crippen LogP contribution in [0.25, 0.3) is 0 Å². The van der Waals surface area contributed by atoms with Gasteiger partial charge in [0.1, 0.15) is 11.6 Å². The molecule has 0 N–H and O–H groups in total. The standard InChI is InChI=1S/C20H29BrO3Si/c1-14(15-6-8-16(21)9-7-15)20(2)17(18(22)12-19(20)23)13-24-10-11-25(3,4)5/h6-9,14,17H,10-13H2,1-5H3/t14-,17+,20-/m1/s1. The number of rotatable bonds is 7. The van der Waals surface area contributed by atoms with Crippen molar-refractivity contribution in [3.63, 3.8) is 0 Å². The lowest BCUT2D eigenvalue weighted by molar-refractivity contribution is -0.129. The van der Waals surface area contributed by atoms with Crippen LogP contribution in [0, 0.1) is 11.3 Å². The van der Waals surface area contributed by atoms with Crippen molar-refractivity contribution in [3.05, 3.63) is 34.3 Å². The summed E-state index contributed by atoms with van der Waals surface area (Å²) in [4.78, 5) is 25.2. The predicted octanol–water partition coefficient (Wildman–Crippen LogP) is 5.07. The van der Waals surface area contributed by atoms with Crippen molar-refractivity contribution in [1.29, 1.82) is 0 Å². The summed E-state index contributed by atoms with van der Waals surface area (Å²) in [6.07, 6.45) is 0.0411. The van der Waals surface area contributed by atoms with Gasteiger partial charge in [0.15, 0.2) is 0 Å². The van der Waals surface area contributed by atoms with E-state index in [9.17, 15) is 9.59 Å². The second kappa shape index (κ2) is 7.85. The molecule has 1 saturated carbocycles. The van der Waals surface area contributed by atoms with E-state index >= 15 is 0 Å². The highest BCUT2D eigenvalue weighted by Crippen LogP contribution is 2.48. The summed E-state index contributed by atoms with van der Waals surface area (Å²) in [6.45, 7) is 11.9. The Kier molecular flexibility index (Phi) is 6.44. The number of hydrogen-bond acceptors (Lipinski definition) is 3. The van der Waals surface area contributed by atoms with Gasteiger partial charge >= 0.3 is 0 Å². The molecule has 1 aromatic carbocycles. The minimum Gasteiger partial charge on any atom is -0.381 e. The Labute approximate surface area is 160 Å². The van der Waals surface area contributed by atoms with Crippen molar-refractivity contribution in [2.24, 2.45) is 11.3 Å². The highest BCUT2D eigenvalue weighted by molar-refractivity contribution is 9.10. The minimum atomic E-state index is -1.16. The Morgan fingerprint density at radius 2 is 1.84 bits per heavy atom. The summed E-state index contributed by atoms with van der Waals surface area (Å²) in [7, 11) is -1.16. The van der Waals surface area contributed by atoms with E-state index < -0.39 is 13.5 Å². The van der Waals surface area contributed by atoms with Gasteiger partial charge in [0, 0.05) is 24.6 Å². The van der Waals surface area contributed by atoms with Gasteiger partial charge < -0.3 is 4.74 Å². The Balaban J connectivity index is 2.15. The molecular formula is C20H29BrO3Si. The van der Waals surface area contributed by atoms with Gasteiger partial charge in [-0.1, -0.05) is 61.6 Å². The maximum Gasteiger partial charge on any atom is 0.147 e. The summed E-state index contributed by atoms with van der Waals surface area (Å²) >= 11 is 3.45. The highest BCUT2D eigenvalue weighted by atomic mass is 79.9. The van der Waals surface area contributed by atoms with E-state index in [0.29, 0.717) is 13.2 Å². The molecule has 3 nitrogen and oxygen atoms in total. The molecule has 1 aliphatic carbocycles. The van der Waals surface area contributed by atoms with Crippen LogP contribution >= 0.6 is 15.9 Å². The zero-order valence-electron chi connectivity index (χ0n) is 15.9. The zero-order valence-corrected chi connectivity index (χ0v) is 18.5. The van der Waals surface area contributed by atoms with Crippen LogP contribution in [-0.4, -0.2) is 32.9 Å². The summed E-state index contributed by atoms with van der Waals surface area (Å²) in [5.74, 6) is -0.290. The van der Waals surface area contributed by atoms with Crippen LogP contribution < -0.4 is 0 Å². The summed E-state index contributed by atoms with van der Waals surface area (Å²) < 4.78 is 6.88. The molecule has 0 bridgehead atoms. The van der Waals surface area contributed by atoms with Crippen molar-refractivity contribution >= 4 is 35.6 Å². The molecule has 0 spiro atoms. The van der Waals surface area contributed by atoms with E-state index in [2.05, 4.69) is 42.5 Å². The number of Topliss-reactive ketones (excluding diaryl/α,β-unsaturated/α-hetero) is 2. The highest BCUT2D eigenvalue weighted by Gasteiger charge is 2.54. The molecule has 2 rings (SSSR count). The van der Waals surface area contributed by atoms with Crippen LogP contribution in [-0.2, 0) is 14.3 Å². The molecule has 0 unspecified atom stereocenters. The lowest BCUT2D eigenvalue weighted by Gasteiger charge is -2.35. The van der Waals surface area contributed by atoms with E-state index in [1.165, 1.54) is 0 Å². The number of halogens is 1. The van der Waals surface area contributed by atoms with E-state index in [0.717, 1.165) is 16.1 Å². The van der Waals surface area contributed by atoms with Gasteiger partial charge in [0.05, 0.1) is 18.9 Å². The third kappa shape index (κ3) is 4.69. The quantitative estimate of drug-likeness (QED) is 0.348. The van der Waals surface area contributed by atoms with Crippen LogP contribution in [0.3, 0.4) is 0 Å². The van der Waals surface area contributed by atoms with Crippen LogP contribution in [0.4, 0.5) is 0 Å². The van der Waals surface area contributed by atoms with Crippen molar-refractivity contribution in [3.8, 4) is 0 Å². The largest absolute Gasteiger partial charge is 0.381 e. The molecule has 0 aliphatic heterocycles. The van der Waals surface area contributed by atoms with E-state index in [1.807, 2.05) is 31.2 Å². The van der Waals surface area contributed by atoms with Gasteiger partial charge in [-0.2, -0.15) is 0 Å². The first-order valence-electron chi connectivity index (χ1n) is 8.95. The predicted molar refractivity (Wildman–Crippen MR) is 108 cm³/mol. The molecule has 1 aromatic rings. The molecule has 0 saturated heterocycles. The maximum atomic E-state index is 12.7. The van der Waals surface area contributed by atoms with Gasteiger partial charge in [0.2, 0.25) is 0 Å². The number of carbonyl (C=O) groups excluding carboxylic acids is 2. The summed E-state index contributed by atoms with van der Waals surface area (Å²) in [5.41, 5.74) is 0.394. The number of ether oxygens (including phenoxy) is 1. The minimum absolute atomic E-state index is 0.0230. The van der Waals surface area contributed by atoms with E-state index in [-0.39, 0.29) is 29.8 Å². The fourth-order valence-corrected chi connectivity index (χ4v) is 4.51. The van der Waals surface area contributed by atoms with E-state index in [4.69, 9.17) is 4.74 Å². The molecule has 138 valence electrons. The average molecular weight is 425 g/mol. The van der Waals surface area contributed by atoms with Crippen LogP contribution in [0.5, 0.6) is 0 Å². The van der Waals surface area contributed by atoms with Crippen molar-refractivity contribution in [1.82, 2.24) is 0 Å². The van der Waals surface area contributed by atoms with Crippen molar-refractivity contribution in [2.75, 3.05) is 13.2 Å². The monoisotopic (exact) mass is 424 g/mol. The molecule has 1 aliphatic rings. The van der Waals surface area contributed by atoms with Crippen LogP contribution in [0.2, 0.25) is 25.7 Å². The lowest BCUT2D eigenvalue weighted by Crippen LogP contribution is -2.38. The van der Waals surface area contributed by atoms with Gasteiger partial charge in [-0.3, -0.25) is 9.59 Å². The Hall–Kier alpha value is -0.783. The van der Waals surface area contributed by atoms with Crippen LogP contribution in [0.15, 0.2) is 28.7 Å². The Bertz CT molecular complexity index is 635. The Morgan fingerprint density at radius 3 is 2.40 bits per heavy atom. The van der Waals surface area contributed by atoms with E-state index in [1.54, 1.807) is 0 Å². The second-order valence-corrected chi connectivity index (χ2v) is 15.1. The zero-order chi connectivity index (χ0) is 18.8. The van der Waals surface area contributed by atoms with Crippen molar-refractivity contribution < 1.29 is 14.3 Å². The average Bonchev–Trinajstić information content (AvgIpc) is 2.74. The molecule has 0 heterocycles. The van der Waals surface area contributed by atoms with Gasteiger partial charge in [-0.25, -0.2) is 0 Å². The van der Waals surface area contributed by atoms with Gasteiger partial charge in [-0.05, 0) is 29.7 Å². The fraction of sp³-hybridized carbons (Fsp3) is 0.600. The maximum absolute atomic E-state index is 12.7. The fourth-order valence-electron chi connectivity index (χ4n) is 3.49. The number of ketones is 2. The SMILES string of the molecule is C[C@H](c1ccc(Br)cc1)[C@@]1(C)C(=O)CC(=O)[C@@H]1COCC[Si](C)(C)C. The molecule has 1 fully saturated rings. The second-order valence-electron chi connectivity index (χ2n) is 8.56. The van der Waals surface area contributed by atoms with Crippen LogP contribution in [0.1, 0.15) is 31.7 Å². The smallest absolute Gasteiger partial charge is 0.147 e. The first-order valence-corrected chi connectivity index (χ1v) is 13.4. The van der Waals surface area contributed by atoms with Gasteiger partial charge in [-0.15, -0.1) is 0 Å². The molecular weight excluding hydrogens is 396 g/mol. The number of carbonyl (C=O) groups is 2. The number of hydrogen-bond donors (Lipinski definition) is 0. The lowest BCUT2D eigenvalue weighted by atomic mass is 9.67. The third-order valence-electron chi connectivity index (χ3n) is 5.60. The molecule has 5 heteroatoms. The summed E-state index contributed by atoms with van der Waals surface area (Å²) in [6, 6.07) is 9.09. The molecule has 3 atom stereocenters. The van der Waals surface area contributed by atoms with Crippen molar-refractivity contribution in [2.45, 2.75) is 51.9 Å². The molecule has 0 aromatic heterocycles. The first-order chi connectivity index (χ1) is 11.6. The third-order valence-corrected chi connectivity index (χ3v) is 7.83.